The fourth-order valence-corrected chi connectivity index (χ4v) is 3.75. The molecule has 0 aliphatic carbocycles. The van der Waals surface area contributed by atoms with Gasteiger partial charge in [-0.25, -0.2) is 9.36 Å². The zero-order chi connectivity index (χ0) is 17.4. The first kappa shape index (κ1) is 16.5. The van der Waals surface area contributed by atoms with E-state index in [0.29, 0.717) is 20.8 Å². The summed E-state index contributed by atoms with van der Waals surface area (Å²) in [4.78, 5) is 39.9. The van der Waals surface area contributed by atoms with Crippen molar-refractivity contribution in [1.29, 1.82) is 0 Å². The van der Waals surface area contributed by atoms with Crippen LogP contribution in [0.3, 0.4) is 0 Å². The summed E-state index contributed by atoms with van der Waals surface area (Å²) in [6.45, 7) is 1.69. The maximum atomic E-state index is 12.9. The predicted molar refractivity (Wildman–Crippen MR) is 95.7 cm³/mol. The van der Waals surface area contributed by atoms with Gasteiger partial charge in [-0.15, -0.1) is 11.3 Å². The number of amides is 1. The number of rotatable bonds is 4. The van der Waals surface area contributed by atoms with Crippen molar-refractivity contribution in [3.05, 3.63) is 55.5 Å². The van der Waals surface area contributed by atoms with Crippen LogP contribution in [-0.2, 0) is 4.79 Å². The van der Waals surface area contributed by atoms with Gasteiger partial charge in [0.1, 0.15) is 10.9 Å². The number of nitrogens with one attached hydrogen (secondary N) is 1. The zero-order valence-corrected chi connectivity index (χ0v) is 14.3. The van der Waals surface area contributed by atoms with Crippen LogP contribution in [0.1, 0.15) is 19.4 Å². The lowest BCUT2D eigenvalue weighted by atomic mass is 10.1. The molecule has 0 spiro atoms. The highest BCUT2D eigenvalue weighted by molar-refractivity contribution is 7.17. The third-order valence-electron chi connectivity index (χ3n) is 3.84. The molecule has 0 saturated heterocycles. The molecule has 0 aliphatic heterocycles. The van der Waals surface area contributed by atoms with Crippen LogP contribution < -0.4 is 17.0 Å². The number of primary amides is 1. The topological polar surface area (TPSA) is 97.9 Å². The molecule has 124 valence electrons. The summed E-state index contributed by atoms with van der Waals surface area (Å²) in [6.07, 6.45) is 0.254. The van der Waals surface area contributed by atoms with Crippen LogP contribution in [0.5, 0.6) is 0 Å². The number of hydrogen-bond acceptors (Lipinski definition) is 4. The van der Waals surface area contributed by atoms with E-state index >= 15 is 0 Å². The minimum absolute atomic E-state index is 0.254. The Bertz CT molecular complexity index is 1030. The van der Waals surface area contributed by atoms with E-state index in [1.165, 1.54) is 11.3 Å². The van der Waals surface area contributed by atoms with Gasteiger partial charge in [0.05, 0.1) is 5.39 Å². The monoisotopic (exact) mass is 363 g/mol. The Morgan fingerprint density at radius 2 is 2.00 bits per heavy atom. The highest BCUT2D eigenvalue weighted by atomic mass is 35.5. The smallest absolute Gasteiger partial charge is 0.330 e. The first-order valence-electron chi connectivity index (χ1n) is 7.25. The van der Waals surface area contributed by atoms with Crippen LogP contribution in [0.25, 0.3) is 21.3 Å². The minimum atomic E-state index is -0.983. The maximum Gasteiger partial charge on any atom is 0.330 e. The minimum Gasteiger partial charge on any atom is -0.368 e. The SMILES string of the molecule is CCC(C(N)=O)n1c(=O)[nH]c2scc(-c3ccc(Cl)cc3)c2c1=O. The molecule has 3 aromatic rings. The molecule has 3 N–H and O–H groups in total. The van der Waals surface area contributed by atoms with E-state index in [0.717, 1.165) is 10.1 Å². The molecule has 2 heterocycles. The number of aromatic nitrogens is 2. The Morgan fingerprint density at radius 1 is 1.33 bits per heavy atom. The zero-order valence-electron chi connectivity index (χ0n) is 12.7. The van der Waals surface area contributed by atoms with Crippen molar-refractivity contribution in [3.8, 4) is 11.1 Å². The molecule has 0 saturated carbocycles. The number of nitrogens with zero attached hydrogens (tertiary/aromatic N) is 1. The molecule has 1 amide bonds. The van der Waals surface area contributed by atoms with Gasteiger partial charge in [0.15, 0.2) is 0 Å². The van der Waals surface area contributed by atoms with Crippen LogP contribution in [0.4, 0.5) is 0 Å². The van der Waals surface area contributed by atoms with Gasteiger partial charge in [0, 0.05) is 16.0 Å². The number of hydrogen-bond donors (Lipinski definition) is 2. The van der Waals surface area contributed by atoms with Gasteiger partial charge in [0.2, 0.25) is 5.91 Å². The fraction of sp³-hybridized carbons (Fsp3) is 0.188. The molecule has 6 nitrogen and oxygen atoms in total. The molecular formula is C16H14ClN3O3S. The molecule has 1 aromatic carbocycles. The highest BCUT2D eigenvalue weighted by Crippen LogP contribution is 2.31. The fourth-order valence-electron chi connectivity index (χ4n) is 2.67. The Kier molecular flexibility index (Phi) is 4.29. The largest absolute Gasteiger partial charge is 0.368 e. The van der Waals surface area contributed by atoms with Crippen molar-refractivity contribution in [3.63, 3.8) is 0 Å². The number of nitrogens with two attached hydrogens (primary N) is 1. The van der Waals surface area contributed by atoms with E-state index in [9.17, 15) is 14.4 Å². The summed E-state index contributed by atoms with van der Waals surface area (Å²) in [5.74, 6) is -0.715. The van der Waals surface area contributed by atoms with Gasteiger partial charge < -0.3 is 5.73 Å². The Hall–Kier alpha value is -2.38. The lowest BCUT2D eigenvalue weighted by Gasteiger charge is -2.13. The van der Waals surface area contributed by atoms with Crippen molar-refractivity contribution in [2.75, 3.05) is 0 Å². The summed E-state index contributed by atoms with van der Waals surface area (Å²) >= 11 is 7.16. The van der Waals surface area contributed by atoms with Crippen molar-refractivity contribution < 1.29 is 4.79 Å². The number of fused-ring (bicyclic) bond motifs is 1. The molecule has 1 unspecified atom stereocenters. The predicted octanol–water partition coefficient (Wildman–Crippen LogP) is 2.51. The second-order valence-electron chi connectivity index (χ2n) is 5.29. The molecule has 1 atom stereocenters. The van der Waals surface area contributed by atoms with Crippen molar-refractivity contribution in [2.45, 2.75) is 19.4 Å². The van der Waals surface area contributed by atoms with Crippen molar-refractivity contribution in [2.24, 2.45) is 5.73 Å². The van der Waals surface area contributed by atoms with E-state index in [1.54, 1.807) is 36.6 Å². The second kappa shape index (κ2) is 6.26. The second-order valence-corrected chi connectivity index (χ2v) is 6.61. The van der Waals surface area contributed by atoms with Crippen LogP contribution >= 0.6 is 22.9 Å². The van der Waals surface area contributed by atoms with Gasteiger partial charge in [-0.2, -0.15) is 0 Å². The summed E-state index contributed by atoms with van der Waals surface area (Å²) in [6, 6.07) is 6.06. The molecule has 3 rings (SSSR count). The van der Waals surface area contributed by atoms with Crippen LogP contribution in [0.15, 0.2) is 39.2 Å². The van der Waals surface area contributed by atoms with Gasteiger partial charge >= 0.3 is 5.69 Å². The van der Waals surface area contributed by atoms with Crippen molar-refractivity contribution >= 4 is 39.1 Å². The Balaban J connectivity index is 2.33. The molecule has 0 fully saturated rings. The Morgan fingerprint density at radius 3 is 2.58 bits per heavy atom. The third-order valence-corrected chi connectivity index (χ3v) is 4.99. The molecule has 2 aromatic heterocycles. The van der Waals surface area contributed by atoms with Gasteiger partial charge in [-0.05, 0) is 24.1 Å². The number of carbonyl (C=O) groups is 1. The van der Waals surface area contributed by atoms with Gasteiger partial charge in [0.25, 0.3) is 5.56 Å². The third kappa shape index (κ3) is 2.65. The van der Waals surface area contributed by atoms with E-state index in [4.69, 9.17) is 17.3 Å². The molecule has 8 heteroatoms. The molecular weight excluding hydrogens is 350 g/mol. The molecule has 0 bridgehead atoms. The first-order chi connectivity index (χ1) is 11.4. The first-order valence-corrected chi connectivity index (χ1v) is 8.51. The number of thiophene rings is 1. The molecule has 24 heavy (non-hydrogen) atoms. The maximum absolute atomic E-state index is 12.9. The average Bonchev–Trinajstić information content (AvgIpc) is 2.95. The van der Waals surface area contributed by atoms with E-state index in [1.807, 2.05) is 0 Å². The van der Waals surface area contributed by atoms with E-state index < -0.39 is 23.2 Å². The summed E-state index contributed by atoms with van der Waals surface area (Å²) in [5.41, 5.74) is 5.66. The molecule has 0 aliphatic rings. The lowest BCUT2D eigenvalue weighted by Crippen LogP contribution is -2.42. The highest BCUT2D eigenvalue weighted by Gasteiger charge is 2.23. The number of aromatic amines is 1. The normalized spacial score (nSPS) is 12.4. The van der Waals surface area contributed by atoms with E-state index in [-0.39, 0.29) is 6.42 Å². The number of carbonyl (C=O) groups excluding carboxylic acids is 1. The number of H-pyrrole nitrogens is 1. The average molecular weight is 364 g/mol. The summed E-state index contributed by atoms with van der Waals surface area (Å²) in [5, 5.41) is 2.74. The molecule has 0 radical (unpaired) electrons. The van der Waals surface area contributed by atoms with Gasteiger partial charge in [-0.3, -0.25) is 14.6 Å². The summed E-state index contributed by atoms with van der Waals surface area (Å²) < 4.78 is 0.900. The van der Waals surface area contributed by atoms with Gasteiger partial charge in [-0.1, -0.05) is 30.7 Å². The number of halogens is 1. The quantitative estimate of drug-likeness (QED) is 0.745. The standard InChI is InChI=1S/C16H14ClN3O3S/c1-2-11(13(18)21)20-15(22)12-10(7-24-14(12)19-16(20)23)8-3-5-9(17)6-4-8/h3-7,11H,2H2,1H3,(H2,18,21)(H,19,23). The van der Waals surface area contributed by atoms with Crippen molar-refractivity contribution in [1.82, 2.24) is 9.55 Å². The van der Waals surface area contributed by atoms with Crippen LogP contribution in [0.2, 0.25) is 5.02 Å². The number of benzene rings is 1. The van der Waals surface area contributed by atoms with Crippen LogP contribution in [0, 0.1) is 0 Å². The lowest BCUT2D eigenvalue weighted by molar-refractivity contribution is -0.121. The summed E-state index contributed by atoms with van der Waals surface area (Å²) in [7, 11) is 0. The Labute approximate surface area is 145 Å². The van der Waals surface area contributed by atoms with Crippen LogP contribution in [-0.4, -0.2) is 15.5 Å². The van der Waals surface area contributed by atoms with E-state index in [2.05, 4.69) is 4.98 Å².